The van der Waals surface area contributed by atoms with E-state index in [0.717, 1.165) is 18.7 Å². The van der Waals surface area contributed by atoms with Crippen LogP contribution in [0.15, 0.2) is 52.1 Å². The Labute approximate surface area is 158 Å². The molecule has 0 atom stereocenters. The van der Waals surface area contributed by atoms with E-state index >= 15 is 0 Å². The Morgan fingerprint density at radius 1 is 1.25 bits per heavy atom. The Morgan fingerprint density at radius 3 is 2.93 bits per heavy atom. The molecule has 5 rings (SSSR count). The quantitative estimate of drug-likeness (QED) is 0.533. The smallest absolute Gasteiger partial charge is 0.259 e. The van der Waals surface area contributed by atoms with Gasteiger partial charge in [-0.1, -0.05) is 0 Å². The summed E-state index contributed by atoms with van der Waals surface area (Å²) in [6.45, 7) is 2.27. The van der Waals surface area contributed by atoms with Gasteiger partial charge in [0, 0.05) is 25.8 Å². The fourth-order valence-corrected chi connectivity index (χ4v) is 3.44. The number of fused-ring (bicyclic) bond motifs is 3. The van der Waals surface area contributed by atoms with Crippen LogP contribution in [0.5, 0.6) is 5.75 Å². The van der Waals surface area contributed by atoms with Gasteiger partial charge < -0.3 is 14.1 Å². The molecule has 5 heterocycles. The van der Waals surface area contributed by atoms with Crippen LogP contribution in [0.1, 0.15) is 16.1 Å². The van der Waals surface area contributed by atoms with Crippen molar-refractivity contribution < 1.29 is 13.9 Å². The largest absolute Gasteiger partial charge is 0.486 e. The van der Waals surface area contributed by atoms with Crippen LogP contribution in [-0.4, -0.2) is 45.3 Å². The third kappa shape index (κ3) is 2.93. The fraction of sp³-hybridized carbons (Fsp3) is 0.200. The first-order valence-electron chi connectivity index (χ1n) is 8.88. The molecule has 28 heavy (non-hydrogen) atoms. The first-order chi connectivity index (χ1) is 13.7. The molecule has 0 radical (unpaired) electrons. The number of aromatic nitrogens is 3. The van der Waals surface area contributed by atoms with Crippen molar-refractivity contribution in [3.63, 3.8) is 0 Å². The highest BCUT2D eigenvalue weighted by molar-refractivity contribution is 5.99. The van der Waals surface area contributed by atoms with E-state index in [1.165, 1.54) is 6.26 Å². The number of furan rings is 1. The molecule has 1 aliphatic heterocycles. The topological polar surface area (TPSA) is 101 Å². The molecule has 0 unspecified atom stereocenters. The molecular weight excluding hydrogens is 360 g/mol. The SMILES string of the molecule is O=Cc1ccc(OC2CN(Cc3cnc4c(c3)[nH]c(=O)c3ccoc34)C2)cn1. The summed E-state index contributed by atoms with van der Waals surface area (Å²) < 4.78 is 11.3. The Bertz CT molecular complexity index is 1220. The molecule has 8 heteroatoms. The second kappa shape index (κ2) is 6.58. The van der Waals surface area contributed by atoms with Gasteiger partial charge in [-0.3, -0.25) is 19.5 Å². The zero-order valence-electron chi connectivity index (χ0n) is 14.8. The number of rotatable bonds is 5. The average molecular weight is 376 g/mol. The number of carbonyl (C=O) groups excluding carboxylic acids is 1. The van der Waals surface area contributed by atoms with Crippen LogP contribution < -0.4 is 10.3 Å². The van der Waals surface area contributed by atoms with Crippen LogP contribution in [0, 0.1) is 0 Å². The lowest BCUT2D eigenvalue weighted by Crippen LogP contribution is -2.53. The van der Waals surface area contributed by atoms with Crippen molar-refractivity contribution in [2.75, 3.05) is 13.1 Å². The van der Waals surface area contributed by atoms with Crippen molar-refractivity contribution >= 4 is 28.3 Å². The Morgan fingerprint density at radius 2 is 2.14 bits per heavy atom. The van der Waals surface area contributed by atoms with Crippen LogP contribution in [-0.2, 0) is 6.54 Å². The lowest BCUT2D eigenvalue weighted by Gasteiger charge is -2.38. The standard InChI is InChI=1S/C20H16N4O4/c25-11-13-1-2-14(7-21-13)28-15-9-24(10-15)8-12-5-17-18(22-6-12)19-16(3-4-27-19)20(26)23-17/h1-7,11,15H,8-10H2,(H,23,26). The van der Waals surface area contributed by atoms with Crippen molar-refractivity contribution in [2.24, 2.45) is 0 Å². The van der Waals surface area contributed by atoms with Crippen LogP contribution in [0.2, 0.25) is 0 Å². The second-order valence-corrected chi connectivity index (χ2v) is 6.83. The Kier molecular flexibility index (Phi) is 3.91. The summed E-state index contributed by atoms with van der Waals surface area (Å²) in [5, 5.41) is 0.506. The van der Waals surface area contributed by atoms with Gasteiger partial charge in [-0.2, -0.15) is 0 Å². The second-order valence-electron chi connectivity index (χ2n) is 6.83. The first kappa shape index (κ1) is 16.6. The van der Waals surface area contributed by atoms with E-state index in [9.17, 15) is 9.59 Å². The van der Waals surface area contributed by atoms with E-state index in [0.29, 0.717) is 46.3 Å². The summed E-state index contributed by atoms with van der Waals surface area (Å²) in [6.07, 6.45) is 5.65. The summed E-state index contributed by atoms with van der Waals surface area (Å²) >= 11 is 0. The number of pyridine rings is 3. The summed E-state index contributed by atoms with van der Waals surface area (Å²) in [5.74, 6) is 0.655. The molecule has 0 spiro atoms. The molecule has 1 N–H and O–H groups in total. The lowest BCUT2D eigenvalue weighted by molar-refractivity contribution is 0.0143. The number of aldehydes is 1. The molecule has 0 saturated carbocycles. The molecule has 1 fully saturated rings. The van der Waals surface area contributed by atoms with Gasteiger partial charge in [0.25, 0.3) is 5.56 Å². The maximum atomic E-state index is 12.1. The van der Waals surface area contributed by atoms with Crippen molar-refractivity contribution in [3.05, 3.63) is 64.5 Å². The van der Waals surface area contributed by atoms with Crippen LogP contribution in [0.25, 0.3) is 22.0 Å². The van der Waals surface area contributed by atoms with E-state index in [1.54, 1.807) is 30.6 Å². The van der Waals surface area contributed by atoms with E-state index < -0.39 is 0 Å². The van der Waals surface area contributed by atoms with E-state index in [4.69, 9.17) is 9.15 Å². The summed E-state index contributed by atoms with van der Waals surface area (Å²) in [6, 6.07) is 6.96. The lowest BCUT2D eigenvalue weighted by atomic mass is 10.1. The van der Waals surface area contributed by atoms with Crippen molar-refractivity contribution in [1.29, 1.82) is 0 Å². The molecular formula is C20H16N4O4. The van der Waals surface area contributed by atoms with E-state index in [1.807, 2.05) is 6.07 Å². The summed E-state index contributed by atoms with van der Waals surface area (Å²) in [5.41, 5.74) is 3.04. The molecule has 0 aromatic carbocycles. The number of hydrogen-bond donors (Lipinski definition) is 1. The first-order valence-corrected chi connectivity index (χ1v) is 8.88. The maximum Gasteiger partial charge on any atom is 0.259 e. The van der Waals surface area contributed by atoms with Gasteiger partial charge in [-0.05, 0) is 29.8 Å². The van der Waals surface area contributed by atoms with Crippen LogP contribution in [0.3, 0.4) is 0 Å². The highest BCUT2D eigenvalue weighted by Gasteiger charge is 2.28. The predicted octanol–water partition coefficient (Wildman–Crippen LogP) is 2.14. The van der Waals surface area contributed by atoms with Crippen LogP contribution >= 0.6 is 0 Å². The summed E-state index contributed by atoms with van der Waals surface area (Å²) in [7, 11) is 0. The van der Waals surface area contributed by atoms with Gasteiger partial charge in [-0.25, -0.2) is 4.98 Å². The number of nitrogens with zero attached hydrogens (tertiary/aromatic N) is 3. The highest BCUT2D eigenvalue weighted by Crippen LogP contribution is 2.23. The van der Waals surface area contributed by atoms with Crippen molar-refractivity contribution in [1.82, 2.24) is 19.9 Å². The number of H-pyrrole nitrogens is 1. The Hall–Kier alpha value is -3.52. The van der Waals surface area contributed by atoms with Gasteiger partial charge in [0.15, 0.2) is 11.9 Å². The fourth-order valence-electron chi connectivity index (χ4n) is 3.44. The van der Waals surface area contributed by atoms with Gasteiger partial charge >= 0.3 is 0 Å². The average Bonchev–Trinajstić information content (AvgIpc) is 3.17. The molecule has 4 aromatic rings. The van der Waals surface area contributed by atoms with E-state index in [-0.39, 0.29) is 11.7 Å². The zero-order valence-corrected chi connectivity index (χ0v) is 14.8. The van der Waals surface area contributed by atoms with Crippen molar-refractivity contribution in [2.45, 2.75) is 12.6 Å². The molecule has 8 nitrogen and oxygen atoms in total. The monoisotopic (exact) mass is 376 g/mol. The number of nitrogens with one attached hydrogen (secondary N) is 1. The predicted molar refractivity (Wildman–Crippen MR) is 101 cm³/mol. The van der Waals surface area contributed by atoms with Gasteiger partial charge in [0.05, 0.1) is 23.4 Å². The van der Waals surface area contributed by atoms with E-state index in [2.05, 4.69) is 19.9 Å². The van der Waals surface area contributed by atoms with Crippen molar-refractivity contribution in [3.8, 4) is 5.75 Å². The number of aromatic amines is 1. The third-order valence-electron chi connectivity index (χ3n) is 4.83. The Balaban J connectivity index is 1.25. The minimum atomic E-state index is -0.179. The molecule has 140 valence electrons. The third-order valence-corrected chi connectivity index (χ3v) is 4.83. The maximum absolute atomic E-state index is 12.1. The highest BCUT2D eigenvalue weighted by atomic mass is 16.5. The molecule has 0 bridgehead atoms. The number of hydrogen-bond acceptors (Lipinski definition) is 7. The number of ether oxygens (including phenoxy) is 1. The number of likely N-dealkylation sites (tertiary alicyclic amines) is 1. The molecule has 4 aromatic heterocycles. The van der Waals surface area contributed by atoms with Gasteiger partial charge in [0.1, 0.15) is 23.1 Å². The van der Waals surface area contributed by atoms with Gasteiger partial charge in [0.2, 0.25) is 0 Å². The normalized spacial score (nSPS) is 15.0. The minimum absolute atomic E-state index is 0.0832. The minimum Gasteiger partial charge on any atom is -0.486 e. The number of carbonyl (C=O) groups is 1. The summed E-state index contributed by atoms with van der Waals surface area (Å²) in [4.78, 5) is 36.3. The molecule has 0 amide bonds. The van der Waals surface area contributed by atoms with Crippen LogP contribution in [0.4, 0.5) is 0 Å². The molecule has 1 saturated heterocycles. The molecule has 1 aliphatic rings. The zero-order chi connectivity index (χ0) is 19.1. The molecule has 0 aliphatic carbocycles. The van der Waals surface area contributed by atoms with Gasteiger partial charge in [-0.15, -0.1) is 0 Å².